The van der Waals surface area contributed by atoms with Gasteiger partial charge in [0.05, 0.1) is 19.8 Å². The van der Waals surface area contributed by atoms with Crippen LogP contribution < -0.4 is 0 Å². The monoisotopic (exact) mass is 594 g/mol. The van der Waals surface area contributed by atoms with E-state index in [1.165, 1.54) is 89.9 Å². The molecule has 0 fully saturated rings. The number of hydrogen-bond donors (Lipinski definition) is 2. The van der Waals surface area contributed by atoms with Gasteiger partial charge in [-0.05, 0) is 38.0 Å². The maximum atomic E-state index is 12.1. The van der Waals surface area contributed by atoms with Crippen LogP contribution in [-0.2, 0) is 27.9 Å². The first-order valence-electron chi connectivity index (χ1n) is 16.4. The number of carboxylic acid groups (broad SMARTS) is 1. The molecule has 2 N–H and O–H groups in total. The van der Waals surface area contributed by atoms with Gasteiger partial charge in [-0.2, -0.15) is 0 Å². The smallest absolute Gasteiger partial charge is 0.472 e. The minimum atomic E-state index is -4.14. The molecule has 0 aliphatic carbocycles. The van der Waals surface area contributed by atoms with Crippen LogP contribution in [0.2, 0.25) is 0 Å². The van der Waals surface area contributed by atoms with Crippen molar-refractivity contribution in [2.75, 3.05) is 33.0 Å². The van der Waals surface area contributed by atoms with Gasteiger partial charge < -0.3 is 19.5 Å². The summed E-state index contributed by atoms with van der Waals surface area (Å²) in [5, 5.41) is 8.83. The van der Waals surface area contributed by atoms with Crippen LogP contribution >= 0.6 is 7.82 Å². The van der Waals surface area contributed by atoms with Crippen molar-refractivity contribution in [3.63, 3.8) is 0 Å². The minimum Gasteiger partial charge on any atom is -0.481 e. The van der Waals surface area contributed by atoms with Gasteiger partial charge in [0.15, 0.2) is 0 Å². The first-order chi connectivity index (χ1) is 19.3. The lowest BCUT2D eigenvalue weighted by atomic mass is 9.94. The number of unbranched alkanes of at least 4 members (excludes halogenated alkanes) is 13. The zero-order chi connectivity index (χ0) is 29.7. The van der Waals surface area contributed by atoms with E-state index in [9.17, 15) is 14.3 Å². The molecule has 0 saturated heterocycles. The largest absolute Gasteiger partial charge is 0.481 e. The van der Waals surface area contributed by atoms with E-state index in [-0.39, 0.29) is 26.2 Å². The van der Waals surface area contributed by atoms with Crippen molar-refractivity contribution in [3.8, 4) is 0 Å². The van der Waals surface area contributed by atoms with Gasteiger partial charge in [-0.1, -0.05) is 111 Å². The summed E-state index contributed by atoms with van der Waals surface area (Å²) in [6, 6.07) is 0. The number of rotatable bonds is 32. The molecule has 0 rings (SSSR count). The van der Waals surface area contributed by atoms with Crippen LogP contribution in [0.25, 0.3) is 0 Å². The van der Waals surface area contributed by atoms with E-state index in [1.54, 1.807) is 0 Å². The molecule has 40 heavy (non-hydrogen) atoms. The highest BCUT2D eigenvalue weighted by Crippen LogP contribution is 2.43. The number of ether oxygens (including phenoxy) is 2. The van der Waals surface area contributed by atoms with Crippen molar-refractivity contribution >= 4 is 13.8 Å². The third-order valence-corrected chi connectivity index (χ3v) is 8.09. The number of hydrogen-bond acceptors (Lipinski definition) is 6. The molecule has 0 aromatic heterocycles. The van der Waals surface area contributed by atoms with Crippen LogP contribution in [-0.4, -0.2) is 55.1 Å². The first-order valence-corrected chi connectivity index (χ1v) is 17.9. The molecule has 0 radical (unpaired) electrons. The zero-order valence-corrected chi connectivity index (χ0v) is 27.0. The van der Waals surface area contributed by atoms with Crippen molar-refractivity contribution < 1.29 is 37.9 Å². The molecule has 0 bridgehead atoms. The lowest BCUT2D eigenvalue weighted by molar-refractivity contribution is -0.137. The summed E-state index contributed by atoms with van der Waals surface area (Å²) in [6.07, 6.45) is 21.8. The molecule has 3 unspecified atom stereocenters. The van der Waals surface area contributed by atoms with Gasteiger partial charge >= 0.3 is 13.8 Å². The van der Waals surface area contributed by atoms with Gasteiger partial charge in [0.2, 0.25) is 0 Å². The summed E-state index contributed by atoms with van der Waals surface area (Å²) in [7, 11) is -4.14. The summed E-state index contributed by atoms with van der Waals surface area (Å²) in [5.74, 6) is -0.328. The van der Waals surface area contributed by atoms with Gasteiger partial charge in [-0.3, -0.25) is 13.8 Å². The Balaban J connectivity index is 4.69. The Hall–Kier alpha value is -0.500. The van der Waals surface area contributed by atoms with Crippen molar-refractivity contribution in [1.82, 2.24) is 0 Å². The standard InChI is InChI=1S/C31H63O8P/c1-4-7-9-11-13-14-16-18-22-29(21-17-15-12-10-8-5-2)26-36-27-30(37-25-20-19-23-31(32)33)28-39-40(34,35)38-24-6-3/h29-30H,4-28H2,1-3H3,(H,32,33)(H,34,35). The molecule has 0 aromatic rings. The second kappa shape index (κ2) is 28.6. The topological polar surface area (TPSA) is 112 Å². The van der Waals surface area contributed by atoms with Gasteiger partial charge in [0.1, 0.15) is 6.10 Å². The quantitative estimate of drug-likeness (QED) is 0.0586. The zero-order valence-electron chi connectivity index (χ0n) is 26.1. The normalized spacial score (nSPS) is 14.7. The number of aliphatic carboxylic acids is 1. The van der Waals surface area contributed by atoms with Crippen LogP contribution in [0.1, 0.15) is 149 Å². The Labute approximate surface area is 245 Å². The fourth-order valence-corrected chi connectivity index (χ4v) is 5.49. The third-order valence-electron chi connectivity index (χ3n) is 7.11. The lowest BCUT2D eigenvalue weighted by Crippen LogP contribution is -2.27. The predicted molar refractivity (Wildman–Crippen MR) is 163 cm³/mol. The molecule has 240 valence electrons. The van der Waals surface area contributed by atoms with Crippen LogP contribution in [0.4, 0.5) is 0 Å². The van der Waals surface area contributed by atoms with Gasteiger partial charge in [-0.25, -0.2) is 4.57 Å². The van der Waals surface area contributed by atoms with E-state index in [0.717, 1.165) is 12.8 Å². The fourth-order valence-electron chi connectivity index (χ4n) is 4.65. The Bertz CT molecular complexity index is 604. The summed E-state index contributed by atoms with van der Waals surface area (Å²) in [4.78, 5) is 20.7. The molecule has 9 heteroatoms. The van der Waals surface area contributed by atoms with Crippen molar-refractivity contribution in [2.45, 2.75) is 155 Å². The van der Waals surface area contributed by atoms with E-state index < -0.39 is 19.9 Å². The summed E-state index contributed by atoms with van der Waals surface area (Å²) >= 11 is 0. The van der Waals surface area contributed by atoms with Crippen molar-refractivity contribution in [2.24, 2.45) is 5.92 Å². The van der Waals surface area contributed by atoms with Crippen LogP contribution in [0.15, 0.2) is 0 Å². The Kier molecular flexibility index (Phi) is 28.3. The Morgan fingerprint density at radius 2 is 1.20 bits per heavy atom. The molecule has 0 heterocycles. The molecule has 3 atom stereocenters. The molecule has 0 saturated carbocycles. The van der Waals surface area contributed by atoms with Gasteiger partial charge in [0.25, 0.3) is 0 Å². The van der Waals surface area contributed by atoms with Crippen molar-refractivity contribution in [3.05, 3.63) is 0 Å². The summed E-state index contributed by atoms with van der Waals surface area (Å²) < 4.78 is 34.2. The maximum absolute atomic E-state index is 12.1. The number of phosphoric acid groups is 1. The lowest BCUT2D eigenvalue weighted by Gasteiger charge is -2.22. The highest BCUT2D eigenvalue weighted by Gasteiger charge is 2.24. The maximum Gasteiger partial charge on any atom is 0.472 e. The second-order valence-corrected chi connectivity index (χ2v) is 12.6. The van der Waals surface area contributed by atoms with E-state index >= 15 is 0 Å². The molecular formula is C31H63O8P. The van der Waals surface area contributed by atoms with E-state index in [2.05, 4.69) is 13.8 Å². The molecule has 0 spiro atoms. The van der Waals surface area contributed by atoms with Crippen molar-refractivity contribution in [1.29, 1.82) is 0 Å². The number of carbonyl (C=O) groups is 1. The second-order valence-electron chi connectivity index (χ2n) is 11.2. The SMILES string of the molecule is CCCCCCCCCCC(CCCCCCCC)COCC(COP(=O)(O)OCCC)OCCCCC(=O)O. The van der Waals surface area contributed by atoms with E-state index in [1.807, 2.05) is 6.92 Å². The number of phosphoric ester groups is 1. The third kappa shape index (κ3) is 27.7. The fraction of sp³-hybridized carbons (Fsp3) is 0.968. The molecule has 8 nitrogen and oxygen atoms in total. The van der Waals surface area contributed by atoms with Crippen LogP contribution in [0.3, 0.4) is 0 Å². The highest BCUT2D eigenvalue weighted by atomic mass is 31.2. The van der Waals surface area contributed by atoms with Crippen LogP contribution in [0, 0.1) is 5.92 Å². The molecule has 0 amide bonds. The average molecular weight is 595 g/mol. The Morgan fingerprint density at radius 3 is 1.73 bits per heavy atom. The highest BCUT2D eigenvalue weighted by molar-refractivity contribution is 7.47. The summed E-state index contributed by atoms with van der Waals surface area (Å²) in [5.41, 5.74) is 0. The van der Waals surface area contributed by atoms with Gasteiger partial charge in [0, 0.05) is 19.6 Å². The van der Waals surface area contributed by atoms with E-state index in [0.29, 0.717) is 38.4 Å². The molecule has 0 aromatic carbocycles. The molecule has 0 aliphatic heterocycles. The Morgan fingerprint density at radius 1 is 0.650 bits per heavy atom. The minimum absolute atomic E-state index is 0.0938. The van der Waals surface area contributed by atoms with Crippen LogP contribution in [0.5, 0.6) is 0 Å². The van der Waals surface area contributed by atoms with E-state index in [4.69, 9.17) is 23.6 Å². The first kappa shape index (κ1) is 39.5. The predicted octanol–water partition coefficient (Wildman–Crippen LogP) is 9.08. The average Bonchev–Trinajstić information content (AvgIpc) is 2.92. The molecule has 0 aliphatic rings. The molecular weight excluding hydrogens is 531 g/mol. The summed E-state index contributed by atoms with van der Waals surface area (Å²) in [6.45, 7) is 7.63. The van der Waals surface area contributed by atoms with Gasteiger partial charge in [-0.15, -0.1) is 0 Å². The number of carboxylic acids is 1.